The van der Waals surface area contributed by atoms with Crippen LogP contribution in [0.4, 0.5) is 10.5 Å². The molecular weight excluding hydrogens is 214 g/mol. The Labute approximate surface area is 102 Å². The first kappa shape index (κ1) is 11.8. The molecule has 4 heteroatoms. The van der Waals surface area contributed by atoms with Crippen molar-refractivity contribution in [3.05, 3.63) is 29.8 Å². The van der Waals surface area contributed by atoms with Gasteiger partial charge in [0.05, 0.1) is 0 Å². The smallest absolute Gasteiger partial charge is 0.320 e. The van der Waals surface area contributed by atoms with E-state index in [-0.39, 0.29) is 6.03 Å². The number of nitrogens with two attached hydrogens (primary N) is 1. The van der Waals surface area contributed by atoms with Gasteiger partial charge in [0.1, 0.15) is 0 Å². The van der Waals surface area contributed by atoms with Crippen LogP contribution >= 0.6 is 0 Å². The maximum Gasteiger partial charge on any atom is 0.320 e. The number of amides is 2. The molecule has 0 unspecified atom stereocenters. The summed E-state index contributed by atoms with van der Waals surface area (Å²) >= 11 is 0. The van der Waals surface area contributed by atoms with Crippen LogP contribution < -0.4 is 5.73 Å². The Morgan fingerprint density at radius 3 is 2.47 bits per heavy atom. The molecule has 1 heterocycles. The Morgan fingerprint density at radius 2 is 1.88 bits per heavy atom. The number of nitrogen functional groups attached to an aromatic ring is 1. The number of urea groups is 1. The minimum absolute atomic E-state index is 0.124. The van der Waals surface area contributed by atoms with E-state index in [0.29, 0.717) is 6.54 Å². The van der Waals surface area contributed by atoms with Gasteiger partial charge in [-0.05, 0) is 30.5 Å². The zero-order valence-corrected chi connectivity index (χ0v) is 10.2. The molecule has 0 atom stereocenters. The minimum Gasteiger partial charge on any atom is -0.399 e. The topological polar surface area (TPSA) is 49.6 Å². The number of carbonyl (C=O) groups excluding carboxylic acids is 1. The highest BCUT2D eigenvalue weighted by molar-refractivity contribution is 5.74. The fraction of sp³-hybridized carbons (Fsp3) is 0.462. The van der Waals surface area contributed by atoms with Gasteiger partial charge in [0.15, 0.2) is 0 Å². The van der Waals surface area contributed by atoms with Gasteiger partial charge in [0.25, 0.3) is 0 Å². The molecule has 0 radical (unpaired) electrons. The van der Waals surface area contributed by atoms with Crippen LogP contribution in [0.2, 0.25) is 0 Å². The lowest BCUT2D eigenvalue weighted by Crippen LogP contribution is -2.38. The molecular formula is C13H19N3O. The highest BCUT2D eigenvalue weighted by Gasteiger charge is 2.20. The molecule has 1 aliphatic heterocycles. The fourth-order valence-corrected chi connectivity index (χ4v) is 2.11. The Hall–Kier alpha value is -1.71. The second-order valence-corrected chi connectivity index (χ2v) is 4.57. The summed E-state index contributed by atoms with van der Waals surface area (Å²) in [6.45, 7) is 2.42. The molecule has 0 bridgehead atoms. The number of hydrogen-bond acceptors (Lipinski definition) is 2. The van der Waals surface area contributed by atoms with E-state index in [1.807, 2.05) is 36.2 Å². The van der Waals surface area contributed by atoms with Gasteiger partial charge >= 0.3 is 6.03 Å². The highest BCUT2D eigenvalue weighted by atomic mass is 16.2. The SMILES string of the molecule is CN(Cc1ccc(N)cc1)C(=O)N1CCCC1. The standard InChI is InChI=1S/C13H19N3O/c1-15(13(17)16-8-2-3-9-16)10-11-4-6-12(14)7-5-11/h4-7H,2-3,8-10,14H2,1H3. The molecule has 4 nitrogen and oxygen atoms in total. The van der Waals surface area contributed by atoms with Crippen LogP contribution in [0.3, 0.4) is 0 Å². The third kappa shape index (κ3) is 2.90. The van der Waals surface area contributed by atoms with Gasteiger partial charge < -0.3 is 15.5 Å². The molecule has 2 rings (SSSR count). The van der Waals surface area contributed by atoms with E-state index in [1.165, 1.54) is 0 Å². The van der Waals surface area contributed by atoms with E-state index >= 15 is 0 Å². The summed E-state index contributed by atoms with van der Waals surface area (Å²) in [4.78, 5) is 15.7. The average molecular weight is 233 g/mol. The first-order valence-corrected chi connectivity index (χ1v) is 6.01. The van der Waals surface area contributed by atoms with Crippen LogP contribution in [-0.2, 0) is 6.54 Å². The summed E-state index contributed by atoms with van der Waals surface area (Å²) in [5.74, 6) is 0. The van der Waals surface area contributed by atoms with Crippen molar-refractivity contribution in [3.8, 4) is 0 Å². The summed E-state index contributed by atoms with van der Waals surface area (Å²) < 4.78 is 0. The second-order valence-electron chi connectivity index (χ2n) is 4.57. The first-order valence-electron chi connectivity index (χ1n) is 6.01. The maximum absolute atomic E-state index is 12.0. The lowest BCUT2D eigenvalue weighted by molar-refractivity contribution is 0.171. The number of carbonyl (C=O) groups is 1. The van der Waals surface area contributed by atoms with Gasteiger partial charge in [0.2, 0.25) is 0 Å². The van der Waals surface area contributed by atoms with Gasteiger partial charge in [-0.25, -0.2) is 4.79 Å². The number of anilines is 1. The van der Waals surface area contributed by atoms with Crippen LogP contribution in [0.15, 0.2) is 24.3 Å². The van der Waals surface area contributed by atoms with Crippen molar-refractivity contribution in [3.63, 3.8) is 0 Å². The molecule has 92 valence electrons. The lowest BCUT2D eigenvalue weighted by atomic mass is 10.2. The molecule has 1 aromatic carbocycles. The molecule has 0 aromatic heterocycles. The summed E-state index contributed by atoms with van der Waals surface area (Å²) in [6, 6.07) is 7.78. The van der Waals surface area contributed by atoms with E-state index < -0.39 is 0 Å². The van der Waals surface area contributed by atoms with Crippen LogP contribution in [-0.4, -0.2) is 36.0 Å². The maximum atomic E-state index is 12.0. The normalized spacial score (nSPS) is 15.0. The van der Waals surface area contributed by atoms with Crippen molar-refractivity contribution in [2.45, 2.75) is 19.4 Å². The lowest BCUT2D eigenvalue weighted by Gasteiger charge is -2.24. The van der Waals surface area contributed by atoms with Gasteiger partial charge in [-0.2, -0.15) is 0 Å². The summed E-state index contributed by atoms with van der Waals surface area (Å²) in [5, 5.41) is 0. The fourth-order valence-electron chi connectivity index (χ4n) is 2.11. The van der Waals surface area contributed by atoms with E-state index in [9.17, 15) is 4.79 Å². The quantitative estimate of drug-likeness (QED) is 0.793. The number of nitrogens with zero attached hydrogens (tertiary/aromatic N) is 2. The van der Waals surface area contributed by atoms with Crippen LogP contribution in [0.5, 0.6) is 0 Å². The predicted octanol–water partition coefficient (Wildman–Crippen LogP) is 1.92. The van der Waals surface area contributed by atoms with Crippen molar-refractivity contribution in [2.75, 3.05) is 25.9 Å². The zero-order chi connectivity index (χ0) is 12.3. The summed E-state index contributed by atoms with van der Waals surface area (Å²) in [7, 11) is 1.84. The number of benzene rings is 1. The van der Waals surface area contributed by atoms with Gasteiger partial charge in [0, 0.05) is 32.4 Å². The van der Waals surface area contributed by atoms with E-state index in [0.717, 1.165) is 37.2 Å². The van der Waals surface area contributed by atoms with Gasteiger partial charge in [-0.1, -0.05) is 12.1 Å². The van der Waals surface area contributed by atoms with Gasteiger partial charge in [-0.3, -0.25) is 0 Å². The Kier molecular flexibility index (Phi) is 3.52. The molecule has 1 aromatic rings. The molecule has 1 saturated heterocycles. The van der Waals surface area contributed by atoms with E-state index in [2.05, 4.69) is 0 Å². The number of hydrogen-bond donors (Lipinski definition) is 1. The van der Waals surface area contributed by atoms with E-state index in [4.69, 9.17) is 5.73 Å². The molecule has 1 fully saturated rings. The van der Waals surface area contributed by atoms with Crippen molar-refractivity contribution >= 4 is 11.7 Å². The first-order chi connectivity index (χ1) is 8.16. The summed E-state index contributed by atoms with van der Waals surface area (Å²) in [5.41, 5.74) is 7.49. The Bertz CT molecular complexity index is 382. The van der Waals surface area contributed by atoms with Gasteiger partial charge in [-0.15, -0.1) is 0 Å². The monoisotopic (exact) mass is 233 g/mol. The number of rotatable bonds is 2. The Balaban J connectivity index is 1.93. The van der Waals surface area contributed by atoms with E-state index in [1.54, 1.807) is 4.90 Å². The van der Waals surface area contributed by atoms with Crippen molar-refractivity contribution in [1.29, 1.82) is 0 Å². The Morgan fingerprint density at radius 1 is 1.29 bits per heavy atom. The summed E-state index contributed by atoms with van der Waals surface area (Å²) in [6.07, 6.45) is 2.25. The third-order valence-electron chi connectivity index (χ3n) is 3.10. The predicted molar refractivity (Wildman–Crippen MR) is 68.5 cm³/mol. The molecule has 2 amide bonds. The minimum atomic E-state index is 0.124. The zero-order valence-electron chi connectivity index (χ0n) is 10.2. The van der Waals surface area contributed by atoms with Crippen molar-refractivity contribution in [2.24, 2.45) is 0 Å². The molecule has 1 aliphatic rings. The largest absolute Gasteiger partial charge is 0.399 e. The second kappa shape index (κ2) is 5.08. The molecule has 0 spiro atoms. The van der Waals surface area contributed by atoms with Crippen molar-refractivity contribution < 1.29 is 4.79 Å². The van der Waals surface area contributed by atoms with Crippen LogP contribution in [0, 0.1) is 0 Å². The molecule has 0 saturated carbocycles. The molecule has 2 N–H and O–H groups in total. The van der Waals surface area contributed by atoms with Crippen LogP contribution in [0.1, 0.15) is 18.4 Å². The highest BCUT2D eigenvalue weighted by Crippen LogP contribution is 2.12. The average Bonchev–Trinajstić information content (AvgIpc) is 2.84. The number of likely N-dealkylation sites (tertiary alicyclic amines) is 1. The third-order valence-corrected chi connectivity index (χ3v) is 3.10. The van der Waals surface area contributed by atoms with Crippen molar-refractivity contribution in [1.82, 2.24) is 9.80 Å². The van der Waals surface area contributed by atoms with Crippen LogP contribution in [0.25, 0.3) is 0 Å². The molecule has 0 aliphatic carbocycles. The molecule has 17 heavy (non-hydrogen) atoms.